The number of benzene rings is 3. The number of hydrogen-bond donors (Lipinski definition) is 2. The lowest BCUT2D eigenvalue weighted by molar-refractivity contribution is -0.119. The molecular weight excluding hydrogens is 502 g/mol. The van der Waals surface area contributed by atoms with Gasteiger partial charge in [0.15, 0.2) is 0 Å². The molecule has 0 aliphatic carbocycles. The van der Waals surface area contributed by atoms with Crippen molar-refractivity contribution in [1.29, 1.82) is 0 Å². The number of methoxy groups -OCH3 is 1. The molecule has 0 spiro atoms. The van der Waals surface area contributed by atoms with E-state index in [4.69, 9.17) is 9.47 Å². The van der Waals surface area contributed by atoms with E-state index in [9.17, 15) is 18.3 Å². The highest BCUT2D eigenvalue weighted by atomic mass is 32.2. The van der Waals surface area contributed by atoms with Crippen molar-refractivity contribution in [2.75, 3.05) is 19.5 Å². The van der Waals surface area contributed by atoms with E-state index >= 15 is 0 Å². The Balaban J connectivity index is 1.62. The number of nitrogens with one attached hydrogen (secondary N) is 1. The van der Waals surface area contributed by atoms with Crippen LogP contribution in [0.1, 0.15) is 49.3 Å². The normalized spacial score (nSPS) is 17.1. The fraction of sp³-hybridized carbons (Fsp3) is 0.367. The van der Waals surface area contributed by atoms with E-state index in [2.05, 4.69) is 30.7 Å². The van der Waals surface area contributed by atoms with Crippen molar-refractivity contribution in [1.82, 2.24) is 4.72 Å². The Hall–Kier alpha value is -3.36. The molecular formula is C30H35NO6S. The molecule has 0 saturated carbocycles. The first-order chi connectivity index (χ1) is 17.8. The first-order valence-electron chi connectivity index (χ1n) is 12.6. The average Bonchev–Trinajstić information content (AvgIpc) is 2.81. The monoisotopic (exact) mass is 537 g/mol. The first kappa shape index (κ1) is 27.7. The van der Waals surface area contributed by atoms with E-state index in [1.807, 2.05) is 42.5 Å². The lowest BCUT2D eigenvalue weighted by atomic mass is 9.91. The zero-order chi connectivity index (χ0) is 27.7. The molecule has 202 valence electrons. The van der Waals surface area contributed by atoms with Crippen molar-refractivity contribution in [2.24, 2.45) is 0 Å². The van der Waals surface area contributed by atoms with E-state index in [0.717, 1.165) is 39.1 Å². The Bertz CT molecular complexity index is 1430. The second kappa shape index (κ2) is 10.8. The maximum atomic E-state index is 12.1. The minimum absolute atomic E-state index is 0.0977. The number of aryl methyl sites for hydroxylation is 2. The van der Waals surface area contributed by atoms with Crippen LogP contribution in [0.3, 0.4) is 0 Å². The molecule has 8 heteroatoms. The molecule has 0 aromatic heterocycles. The fourth-order valence-electron chi connectivity index (χ4n) is 4.97. The first-order valence-corrected chi connectivity index (χ1v) is 14.3. The zero-order valence-electron chi connectivity index (χ0n) is 22.5. The molecule has 2 N–H and O–H groups in total. The molecule has 4 rings (SSSR count). The second-order valence-electron chi connectivity index (χ2n) is 10.6. The zero-order valence-corrected chi connectivity index (χ0v) is 23.3. The van der Waals surface area contributed by atoms with Crippen molar-refractivity contribution in [2.45, 2.75) is 52.1 Å². The number of aliphatic hydroxyl groups is 1. The minimum atomic E-state index is -3.65. The smallest absolute Gasteiger partial charge is 0.235 e. The van der Waals surface area contributed by atoms with Gasteiger partial charge in [-0.15, -0.1) is 0 Å². The van der Waals surface area contributed by atoms with Gasteiger partial charge in [-0.05, 0) is 90.9 Å². The van der Waals surface area contributed by atoms with Crippen molar-refractivity contribution < 1.29 is 27.8 Å². The molecule has 38 heavy (non-hydrogen) atoms. The Morgan fingerprint density at radius 1 is 1.00 bits per heavy atom. The van der Waals surface area contributed by atoms with Crippen LogP contribution in [0.2, 0.25) is 0 Å². The van der Waals surface area contributed by atoms with E-state index in [-0.39, 0.29) is 12.2 Å². The van der Waals surface area contributed by atoms with E-state index in [0.29, 0.717) is 24.3 Å². The van der Waals surface area contributed by atoms with Gasteiger partial charge < -0.3 is 14.6 Å². The molecule has 0 radical (unpaired) electrons. The number of rotatable bonds is 8. The third-order valence-electron chi connectivity index (χ3n) is 6.77. The summed E-state index contributed by atoms with van der Waals surface area (Å²) in [4.78, 5) is 11.9. The van der Waals surface area contributed by atoms with Gasteiger partial charge in [0, 0.05) is 18.8 Å². The van der Waals surface area contributed by atoms with Gasteiger partial charge in [0.2, 0.25) is 15.9 Å². The summed E-state index contributed by atoms with van der Waals surface area (Å²) >= 11 is 0. The predicted octanol–water partition coefficient (Wildman–Crippen LogP) is 5.12. The molecule has 1 saturated heterocycles. The molecule has 1 aliphatic heterocycles. The number of carbonyl (C=O) groups excluding carboxylic acids is 1. The highest BCUT2D eigenvalue weighted by molar-refractivity contribution is 7.90. The standard InChI is InChI=1S/C30H35NO6S/c1-19-13-25(37-12-11-30(3,4)33)14-20(2)29(19)23-8-6-7-21(15-23)22-9-10-26(27(16-22)36-5)24-17-28(32)31-38(34,35)18-24/h6-10,13-16,24,33H,11-12,17-18H2,1-5H3,(H,31,32). The van der Waals surface area contributed by atoms with Crippen LogP contribution in [0.15, 0.2) is 54.6 Å². The maximum Gasteiger partial charge on any atom is 0.235 e. The van der Waals surface area contributed by atoms with E-state index in [1.54, 1.807) is 21.0 Å². The number of ether oxygens (including phenoxy) is 2. The summed E-state index contributed by atoms with van der Waals surface area (Å²) in [6.07, 6.45) is 0.640. The quantitative estimate of drug-likeness (QED) is 0.414. The Labute approximate surface area is 224 Å². The fourth-order valence-corrected chi connectivity index (χ4v) is 6.31. The van der Waals surface area contributed by atoms with Gasteiger partial charge in [-0.1, -0.05) is 30.3 Å². The number of sulfonamides is 1. The molecule has 3 aromatic carbocycles. The second-order valence-corrected chi connectivity index (χ2v) is 12.4. The molecule has 1 unspecified atom stereocenters. The Kier molecular flexibility index (Phi) is 7.85. The largest absolute Gasteiger partial charge is 0.496 e. The number of hydrogen-bond acceptors (Lipinski definition) is 6. The van der Waals surface area contributed by atoms with Gasteiger partial charge in [-0.25, -0.2) is 8.42 Å². The van der Waals surface area contributed by atoms with Crippen LogP contribution < -0.4 is 14.2 Å². The third-order valence-corrected chi connectivity index (χ3v) is 8.15. The summed E-state index contributed by atoms with van der Waals surface area (Å²) in [5.74, 6) is 0.226. The van der Waals surface area contributed by atoms with Gasteiger partial charge in [-0.3, -0.25) is 9.52 Å². The van der Waals surface area contributed by atoms with E-state index in [1.165, 1.54) is 0 Å². The van der Waals surface area contributed by atoms with Gasteiger partial charge >= 0.3 is 0 Å². The summed E-state index contributed by atoms with van der Waals surface area (Å²) < 4.78 is 37.7. The molecule has 1 fully saturated rings. The summed E-state index contributed by atoms with van der Waals surface area (Å²) in [5, 5.41) is 9.94. The van der Waals surface area contributed by atoms with Crippen LogP contribution >= 0.6 is 0 Å². The molecule has 1 amide bonds. The average molecular weight is 538 g/mol. The van der Waals surface area contributed by atoms with Crippen LogP contribution in [0.4, 0.5) is 0 Å². The van der Waals surface area contributed by atoms with Crippen molar-refractivity contribution >= 4 is 15.9 Å². The summed E-state index contributed by atoms with van der Waals surface area (Å²) in [6, 6.07) is 18.0. The Morgan fingerprint density at radius 2 is 1.66 bits per heavy atom. The van der Waals surface area contributed by atoms with Crippen LogP contribution in [-0.4, -0.2) is 44.5 Å². The van der Waals surface area contributed by atoms with Crippen molar-refractivity contribution in [3.63, 3.8) is 0 Å². The predicted molar refractivity (Wildman–Crippen MR) is 149 cm³/mol. The van der Waals surface area contributed by atoms with Crippen LogP contribution in [0.5, 0.6) is 11.5 Å². The summed E-state index contributed by atoms with van der Waals surface area (Å²) in [5.41, 5.74) is 6.23. The number of carbonyl (C=O) groups is 1. The highest BCUT2D eigenvalue weighted by Crippen LogP contribution is 2.37. The molecule has 1 aliphatic rings. The number of amides is 1. The van der Waals surface area contributed by atoms with Crippen LogP contribution in [0.25, 0.3) is 22.3 Å². The van der Waals surface area contributed by atoms with Gasteiger partial charge in [0.05, 0.1) is 25.1 Å². The maximum absolute atomic E-state index is 12.1. The summed E-state index contributed by atoms with van der Waals surface area (Å²) in [6.45, 7) is 8.09. The molecule has 7 nitrogen and oxygen atoms in total. The molecule has 1 heterocycles. The SMILES string of the molecule is COc1cc(-c2cccc(-c3c(C)cc(OCCC(C)(C)O)cc3C)c2)ccc1C1CC(=O)NS(=O)(=O)C1. The topological polar surface area (TPSA) is 102 Å². The van der Waals surface area contributed by atoms with Crippen molar-refractivity contribution in [3.05, 3.63) is 71.3 Å². The van der Waals surface area contributed by atoms with Crippen LogP contribution in [0, 0.1) is 13.8 Å². The van der Waals surface area contributed by atoms with Gasteiger partial charge in [-0.2, -0.15) is 0 Å². The minimum Gasteiger partial charge on any atom is -0.496 e. The molecule has 1 atom stereocenters. The van der Waals surface area contributed by atoms with Crippen molar-refractivity contribution in [3.8, 4) is 33.8 Å². The Morgan fingerprint density at radius 3 is 2.29 bits per heavy atom. The highest BCUT2D eigenvalue weighted by Gasteiger charge is 2.32. The lowest BCUT2D eigenvalue weighted by Crippen LogP contribution is -2.40. The van der Waals surface area contributed by atoms with Gasteiger partial charge in [0.25, 0.3) is 0 Å². The van der Waals surface area contributed by atoms with Crippen LogP contribution in [-0.2, 0) is 14.8 Å². The lowest BCUT2D eigenvalue weighted by Gasteiger charge is -2.24. The summed E-state index contributed by atoms with van der Waals surface area (Å²) in [7, 11) is -2.10. The van der Waals surface area contributed by atoms with E-state index < -0.39 is 27.4 Å². The third kappa shape index (κ3) is 6.55. The molecule has 0 bridgehead atoms. The van der Waals surface area contributed by atoms with Gasteiger partial charge in [0.1, 0.15) is 11.5 Å². The molecule has 3 aromatic rings.